The van der Waals surface area contributed by atoms with Crippen LogP contribution < -0.4 is 9.64 Å². The van der Waals surface area contributed by atoms with Crippen LogP contribution in [0.25, 0.3) is 5.76 Å². The van der Waals surface area contributed by atoms with E-state index >= 15 is 0 Å². The quantitative estimate of drug-likeness (QED) is 0.363. The molecule has 1 fully saturated rings. The number of halogens is 1. The van der Waals surface area contributed by atoms with E-state index in [0.29, 0.717) is 16.9 Å². The molecule has 1 saturated heterocycles. The summed E-state index contributed by atoms with van der Waals surface area (Å²) in [4.78, 5) is 31.2. The van der Waals surface area contributed by atoms with Crippen molar-refractivity contribution in [3.63, 3.8) is 0 Å². The zero-order valence-corrected chi connectivity index (χ0v) is 17.1. The van der Waals surface area contributed by atoms with E-state index in [1.807, 2.05) is 0 Å². The number of pyridine rings is 1. The first kappa shape index (κ1) is 20.4. The molecule has 2 N–H and O–H groups in total. The molecule has 1 unspecified atom stereocenters. The Labute approximate surface area is 182 Å². The molecule has 2 aromatic carbocycles. The molecule has 0 radical (unpaired) electrons. The molecule has 2 heterocycles. The van der Waals surface area contributed by atoms with Crippen molar-refractivity contribution >= 4 is 34.7 Å². The van der Waals surface area contributed by atoms with Crippen LogP contribution in [0.1, 0.15) is 17.2 Å². The maximum absolute atomic E-state index is 13.0. The van der Waals surface area contributed by atoms with E-state index in [2.05, 4.69) is 4.98 Å². The number of methoxy groups -OCH3 is 1. The zero-order valence-electron chi connectivity index (χ0n) is 16.3. The number of phenols is 1. The van der Waals surface area contributed by atoms with Gasteiger partial charge in [0.15, 0.2) is 0 Å². The minimum Gasteiger partial charge on any atom is -0.507 e. The third-order valence-electron chi connectivity index (χ3n) is 5.03. The van der Waals surface area contributed by atoms with Gasteiger partial charge in [0.05, 0.1) is 24.4 Å². The van der Waals surface area contributed by atoms with Gasteiger partial charge in [0.1, 0.15) is 17.3 Å². The van der Waals surface area contributed by atoms with Gasteiger partial charge in [0, 0.05) is 23.0 Å². The average molecular weight is 437 g/mol. The molecule has 1 aliphatic rings. The van der Waals surface area contributed by atoms with Crippen molar-refractivity contribution in [2.45, 2.75) is 6.04 Å². The molecule has 31 heavy (non-hydrogen) atoms. The fraction of sp³-hybridized carbons (Fsp3) is 0.0870. The number of carbonyl (C=O) groups is 2. The highest BCUT2D eigenvalue weighted by Gasteiger charge is 2.47. The number of phenolic OH excluding ortho intramolecular Hbond substituents is 1. The maximum Gasteiger partial charge on any atom is 0.300 e. The van der Waals surface area contributed by atoms with Crippen molar-refractivity contribution < 1.29 is 24.5 Å². The number of ketones is 1. The number of aromatic hydroxyl groups is 1. The summed E-state index contributed by atoms with van der Waals surface area (Å²) in [5.74, 6) is -1.77. The number of Topliss-reactive ketones (excluding diaryl/α,β-unsaturated/α-hetero) is 1. The Morgan fingerprint density at radius 2 is 1.74 bits per heavy atom. The van der Waals surface area contributed by atoms with Crippen molar-refractivity contribution in [2.24, 2.45) is 0 Å². The van der Waals surface area contributed by atoms with Gasteiger partial charge in [-0.3, -0.25) is 19.5 Å². The van der Waals surface area contributed by atoms with Crippen molar-refractivity contribution in [1.82, 2.24) is 4.98 Å². The van der Waals surface area contributed by atoms with Crippen molar-refractivity contribution in [1.29, 1.82) is 0 Å². The van der Waals surface area contributed by atoms with Crippen LogP contribution in [-0.4, -0.2) is 34.0 Å². The van der Waals surface area contributed by atoms with Gasteiger partial charge < -0.3 is 14.9 Å². The molecule has 4 rings (SSSR count). The molecule has 1 amide bonds. The second-order valence-electron chi connectivity index (χ2n) is 6.81. The normalized spacial score (nSPS) is 17.7. The molecular weight excluding hydrogens is 420 g/mol. The molecule has 0 bridgehead atoms. The van der Waals surface area contributed by atoms with Gasteiger partial charge >= 0.3 is 0 Å². The lowest BCUT2D eigenvalue weighted by Gasteiger charge is -2.26. The first-order valence-corrected chi connectivity index (χ1v) is 9.64. The van der Waals surface area contributed by atoms with E-state index in [9.17, 15) is 19.8 Å². The van der Waals surface area contributed by atoms with Gasteiger partial charge in [-0.05, 0) is 60.2 Å². The molecule has 1 atom stereocenters. The molecule has 7 nitrogen and oxygen atoms in total. The SMILES string of the molecule is COc1ccc(/C(O)=C2\C(=O)C(=O)N(c3cc(Cl)ccc3O)C2c2ccncc2)cc1. The van der Waals surface area contributed by atoms with Crippen LogP contribution in [0, 0.1) is 0 Å². The topological polar surface area (TPSA) is 100.0 Å². The highest BCUT2D eigenvalue weighted by molar-refractivity contribution is 6.52. The van der Waals surface area contributed by atoms with Crippen LogP contribution in [0.3, 0.4) is 0 Å². The Kier molecular flexibility index (Phi) is 5.35. The number of rotatable bonds is 4. The first-order chi connectivity index (χ1) is 14.9. The molecule has 8 heteroatoms. The van der Waals surface area contributed by atoms with Gasteiger partial charge in [0.25, 0.3) is 11.7 Å². The Balaban J connectivity index is 1.94. The monoisotopic (exact) mass is 436 g/mol. The number of hydrogen-bond acceptors (Lipinski definition) is 6. The highest BCUT2D eigenvalue weighted by atomic mass is 35.5. The lowest BCUT2D eigenvalue weighted by molar-refractivity contribution is -0.132. The summed E-state index contributed by atoms with van der Waals surface area (Å²) in [6, 6.07) is 12.9. The second-order valence-corrected chi connectivity index (χ2v) is 7.25. The number of benzene rings is 2. The van der Waals surface area contributed by atoms with Crippen molar-refractivity contribution in [2.75, 3.05) is 12.0 Å². The highest BCUT2D eigenvalue weighted by Crippen LogP contribution is 2.45. The summed E-state index contributed by atoms with van der Waals surface area (Å²) < 4.78 is 5.13. The number of carbonyl (C=O) groups excluding carboxylic acids is 2. The second kappa shape index (κ2) is 8.12. The fourth-order valence-corrected chi connectivity index (χ4v) is 3.70. The number of aliphatic hydroxyl groups excluding tert-OH is 1. The minimum absolute atomic E-state index is 0.0604. The minimum atomic E-state index is -0.991. The van der Waals surface area contributed by atoms with Crippen LogP contribution >= 0.6 is 11.6 Å². The van der Waals surface area contributed by atoms with Gasteiger partial charge in [-0.15, -0.1) is 0 Å². The summed E-state index contributed by atoms with van der Waals surface area (Å²) in [7, 11) is 1.52. The maximum atomic E-state index is 13.0. The summed E-state index contributed by atoms with van der Waals surface area (Å²) in [6.45, 7) is 0. The number of amides is 1. The summed E-state index contributed by atoms with van der Waals surface area (Å²) >= 11 is 6.08. The summed E-state index contributed by atoms with van der Waals surface area (Å²) in [6.07, 6.45) is 3.03. The van der Waals surface area contributed by atoms with Gasteiger partial charge in [0.2, 0.25) is 0 Å². The number of hydrogen-bond donors (Lipinski definition) is 2. The number of aliphatic hydroxyl groups is 1. The van der Waals surface area contributed by atoms with Crippen LogP contribution in [0.4, 0.5) is 5.69 Å². The standard InChI is InChI=1S/C23H17ClN2O5/c1-31-16-5-2-14(3-6-16)21(28)19-20(13-8-10-25-11-9-13)26(23(30)22(19)29)17-12-15(24)4-7-18(17)27/h2-12,20,27-28H,1H3/b21-19+. The number of aromatic nitrogens is 1. The smallest absolute Gasteiger partial charge is 0.300 e. The molecule has 1 aromatic heterocycles. The fourth-order valence-electron chi connectivity index (χ4n) is 3.54. The van der Waals surface area contributed by atoms with Gasteiger partial charge in [-0.2, -0.15) is 0 Å². The van der Waals surface area contributed by atoms with Crippen LogP contribution in [0.2, 0.25) is 5.02 Å². The predicted molar refractivity (Wildman–Crippen MR) is 115 cm³/mol. The molecule has 1 aliphatic heterocycles. The molecule has 156 valence electrons. The average Bonchev–Trinajstić information content (AvgIpc) is 3.06. The van der Waals surface area contributed by atoms with E-state index in [0.717, 1.165) is 4.90 Å². The number of nitrogens with zero attached hydrogens (tertiary/aromatic N) is 2. The zero-order chi connectivity index (χ0) is 22.1. The van der Waals surface area contributed by atoms with E-state index in [-0.39, 0.29) is 27.8 Å². The number of anilines is 1. The van der Waals surface area contributed by atoms with Crippen molar-refractivity contribution in [3.05, 3.63) is 88.7 Å². The van der Waals surface area contributed by atoms with Crippen LogP contribution in [0.5, 0.6) is 11.5 Å². The molecule has 0 saturated carbocycles. The van der Waals surface area contributed by atoms with Crippen LogP contribution in [-0.2, 0) is 9.59 Å². The molecule has 0 spiro atoms. The first-order valence-electron chi connectivity index (χ1n) is 9.26. The summed E-state index contributed by atoms with van der Waals surface area (Å²) in [5.41, 5.74) is 0.822. The van der Waals surface area contributed by atoms with Crippen LogP contribution in [0.15, 0.2) is 72.6 Å². The Hall–Kier alpha value is -3.84. The van der Waals surface area contributed by atoms with Gasteiger partial charge in [-0.1, -0.05) is 11.6 Å². The van der Waals surface area contributed by atoms with E-state index in [4.69, 9.17) is 16.3 Å². The third-order valence-corrected chi connectivity index (χ3v) is 5.26. The lowest BCUT2D eigenvalue weighted by atomic mass is 9.95. The summed E-state index contributed by atoms with van der Waals surface area (Å²) in [5, 5.41) is 21.7. The molecular formula is C23H17ClN2O5. The lowest BCUT2D eigenvalue weighted by Crippen LogP contribution is -2.29. The van der Waals surface area contributed by atoms with E-state index in [1.54, 1.807) is 36.4 Å². The van der Waals surface area contributed by atoms with E-state index in [1.165, 1.54) is 37.7 Å². The van der Waals surface area contributed by atoms with Gasteiger partial charge in [-0.25, -0.2) is 0 Å². The largest absolute Gasteiger partial charge is 0.507 e. The Bertz CT molecular complexity index is 1190. The Morgan fingerprint density at radius 3 is 2.39 bits per heavy atom. The molecule has 0 aliphatic carbocycles. The number of ether oxygens (including phenoxy) is 1. The predicted octanol–water partition coefficient (Wildman–Crippen LogP) is 4.08. The third kappa shape index (κ3) is 3.60. The Morgan fingerprint density at radius 1 is 1.06 bits per heavy atom. The van der Waals surface area contributed by atoms with Crippen molar-refractivity contribution in [3.8, 4) is 11.5 Å². The van der Waals surface area contributed by atoms with E-state index < -0.39 is 17.7 Å². The molecule has 3 aromatic rings.